The summed E-state index contributed by atoms with van der Waals surface area (Å²) in [7, 11) is 1.54. The van der Waals surface area contributed by atoms with E-state index in [9.17, 15) is 45.6 Å². The molecule has 0 bridgehead atoms. The van der Waals surface area contributed by atoms with E-state index in [0.29, 0.717) is 32.3 Å². The molecule has 0 radical (unpaired) electrons. The van der Waals surface area contributed by atoms with Crippen molar-refractivity contribution in [1.29, 1.82) is 0 Å². The number of hydrogen-bond acceptors (Lipinski definition) is 16. The van der Waals surface area contributed by atoms with E-state index in [4.69, 9.17) is 33.2 Å². The average molecular weight is 767 g/mol. The van der Waals surface area contributed by atoms with Gasteiger partial charge in [0.15, 0.2) is 0 Å². The van der Waals surface area contributed by atoms with Gasteiger partial charge in [0, 0.05) is 51.3 Å². The van der Waals surface area contributed by atoms with Crippen LogP contribution in [0.3, 0.4) is 0 Å². The smallest absolute Gasteiger partial charge is 0.548 e. The van der Waals surface area contributed by atoms with Crippen LogP contribution in [0.25, 0.3) is 0 Å². The van der Waals surface area contributed by atoms with Gasteiger partial charge in [0.1, 0.15) is 18.3 Å². The Bertz CT molecular complexity index is 952. The fourth-order valence-corrected chi connectivity index (χ4v) is 7.45. The van der Waals surface area contributed by atoms with Crippen molar-refractivity contribution in [3.05, 3.63) is 0 Å². The van der Waals surface area contributed by atoms with E-state index in [1.165, 1.54) is 7.11 Å². The number of rotatable bonds is 22. The van der Waals surface area contributed by atoms with Crippen LogP contribution in [0.5, 0.6) is 0 Å². The third-order valence-electron chi connectivity index (χ3n) is 10.3. The van der Waals surface area contributed by atoms with Gasteiger partial charge >= 0.3 is 29.6 Å². The van der Waals surface area contributed by atoms with Gasteiger partial charge < -0.3 is 84.3 Å². The Kier molecular flexibility index (Phi) is 24.9. The summed E-state index contributed by atoms with van der Waals surface area (Å²) in [5, 5.41) is 85.1. The number of aliphatic hydroxyl groups is 7. The Morgan fingerprint density at radius 1 is 0.596 bits per heavy atom. The minimum absolute atomic E-state index is 0. The minimum Gasteiger partial charge on any atom is -0.548 e. The molecule has 17 nitrogen and oxygen atoms in total. The van der Waals surface area contributed by atoms with Crippen LogP contribution in [0.2, 0.25) is 0 Å². The van der Waals surface area contributed by atoms with E-state index in [-0.39, 0.29) is 99.9 Å². The third-order valence-corrected chi connectivity index (χ3v) is 10.3. The Morgan fingerprint density at radius 3 is 1.52 bits per heavy atom. The molecule has 0 aliphatic carbocycles. The summed E-state index contributed by atoms with van der Waals surface area (Å²) in [6.07, 6.45) is -7.77. The van der Waals surface area contributed by atoms with Gasteiger partial charge in [-0.1, -0.05) is 20.3 Å². The summed E-state index contributed by atoms with van der Waals surface area (Å²) in [6.45, 7) is 3.63. The number of hydrogen-bond donors (Lipinski definition) is 7. The molecule has 18 heteroatoms. The van der Waals surface area contributed by atoms with E-state index in [2.05, 4.69) is 0 Å². The third kappa shape index (κ3) is 14.1. The van der Waals surface area contributed by atoms with Crippen molar-refractivity contribution in [3.8, 4) is 0 Å². The van der Waals surface area contributed by atoms with Crippen molar-refractivity contribution >= 4 is 5.97 Å². The molecule has 15 atom stereocenters. The van der Waals surface area contributed by atoms with Crippen LogP contribution in [0.4, 0.5) is 0 Å². The zero-order valence-corrected chi connectivity index (χ0v) is 33.1. The second-order valence-electron chi connectivity index (χ2n) is 13.7. The maximum atomic E-state index is 11.1. The fourth-order valence-electron chi connectivity index (χ4n) is 7.45. The number of carbonyl (C=O) groups excluding carboxylic acids is 1. The quantitative estimate of drug-likeness (QED) is 0.0399. The van der Waals surface area contributed by atoms with E-state index < -0.39 is 97.7 Å². The minimum atomic E-state index is -1.38. The Balaban J connectivity index is 0.00000676. The molecule has 0 spiro atoms. The first-order valence-corrected chi connectivity index (χ1v) is 18.1. The predicted molar refractivity (Wildman–Crippen MR) is 176 cm³/mol. The Labute approximate surface area is 328 Å². The van der Waals surface area contributed by atoms with Crippen LogP contribution < -0.4 is 34.7 Å². The van der Waals surface area contributed by atoms with Gasteiger partial charge in [-0.2, -0.15) is 0 Å². The van der Waals surface area contributed by atoms with Gasteiger partial charge in [-0.05, 0) is 38.5 Å². The first-order chi connectivity index (χ1) is 24.0. The molecular weight excluding hydrogens is 703 g/mol. The monoisotopic (exact) mass is 766 g/mol. The van der Waals surface area contributed by atoms with Crippen LogP contribution in [-0.2, 0) is 38.0 Å². The molecule has 3 aliphatic heterocycles. The molecule has 0 aromatic heterocycles. The molecular formula is C34H63NaO17. The molecule has 15 unspecified atom stereocenters. The van der Waals surface area contributed by atoms with Crippen molar-refractivity contribution < 1.29 is 114 Å². The molecule has 0 aromatic carbocycles. The molecule has 52 heavy (non-hydrogen) atoms. The first-order valence-electron chi connectivity index (χ1n) is 18.1. The van der Waals surface area contributed by atoms with E-state index in [1.807, 2.05) is 13.8 Å². The maximum Gasteiger partial charge on any atom is 1.00 e. The summed E-state index contributed by atoms with van der Waals surface area (Å²) in [5.41, 5.74) is 0. The SMILES string of the molecule is CCCC1OC(COCC(=O)[O-])C(CCOCCC2OC(COCCC3OC(CO)C(CC)C(O)C3O)C(CCOC)C(O)C2O)C(O)C1O.O.[Na+]. The van der Waals surface area contributed by atoms with Crippen LogP contribution in [-0.4, -0.2) is 180 Å². The zero-order valence-electron chi connectivity index (χ0n) is 31.1. The second kappa shape index (κ2) is 25.9. The number of ether oxygens (including phenoxy) is 7. The number of carboxylic acids is 1. The normalized spacial score (nSPS) is 37.9. The maximum absolute atomic E-state index is 11.1. The standard InChI is InChI=1S/C34H62O16.Na.H2O/c1-4-6-22-32(41)31(40)21(27(49-22)17-47-18-28(36)37)8-12-45-13-9-24-34(43)30(39)20(7-11-44-3)26(50-24)16-46-14-10-23-33(42)29(38)19(5-2)25(15-35)48-23;;/h19-27,29-35,38-43H,4-18H2,1-3H3,(H,36,37);;1H2/q;+1;/p-1. The van der Waals surface area contributed by atoms with Crippen molar-refractivity contribution in [3.63, 3.8) is 0 Å². The van der Waals surface area contributed by atoms with Gasteiger partial charge in [-0.15, -0.1) is 0 Å². The number of carbonyl (C=O) groups is 1. The van der Waals surface area contributed by atoms with E-state index in [0.717, 1.165) is 0 Å². The summed E-state index contributed by atoms with van der Waals surface area (Å²) >= 11 is 0. The van der Waals surface area contributed by atoms with Crippen molar-refractivity contribution in [2.45, 2.75) is 132 Å². The Hall–Kier alpha value is -0.130. The van der Waals surface area contributed by atoms with Crippen molar-refractivity contribution in [2.75, 3.05) is 60.0 Å². The van der Waals surface area contributed by atoms with Gasteiger partial charge in [0.25, 0.3) is 0 Å². The number of aliphatic hydroxyl groups excluding tert-OH is 7. The number of methoxy groups -OCH3 is 1. The second-order valence-corrected chi connectivity index (χ2v) is 13.7. The van der Waals surface area contributed by atoms with Gasteiger partial charge in [-0.25, -0.2) is 0 Å². The van der Waals surface area contributed by atoms with Crippen LogP contribution in [0.1, 0.15) is 58.8 Å². The van der Waals surface area contributed by atoms with Gasteiger partial charge in [-0.3, -0.25) is 0 Å². The van der Waals surface area contributed by atoms with Crippen LogP contribution >= 0.6 is 0 Å². The molecule has 9 N–H and O–H groups in total. The molecule has 3 rings (SSSR count). The Morgan fingerprint density at radius 2 is 1.04 bits per heavy atom. The summed E-state index contributed by atoms with van der Waals surface area (Å²) < 4.78 is 40.2. The average Bonchev–Trinajstić information content (AvgIpc) is 3.09. The van der Waals surface area contributed by atoms with Crippen molar-refractivity contribution in [2.24, 2.45) is 17.8 Å². The van der Waals surface area contributed by atoms with Crippen LogP contribution in [0, 0.1) is 17.8 Å². The van der Waals surface area contributed by atoms with Gasteiger partial charge in [0.05, 0.1) is 87.3 Å². The van der Waals surface area contributed by atoms with E-state index >= 15 is 0 Å². The van der Waals surface area contributed by atoms with Crippen LogP contribution in [0.15, 0.2) is 0 Å². The molecule has 3 saturated heterocycles. The van der Waals surface area contributed by atoms with Gasteiger partial charge in [0.2, 0.25) is 0 Å². The largest absolute Gasteiger partial charge is 1.00 e. The predicted octanol–water partition coefficient (Wildman–Crippen LogP) is -6.31. The van der Waals surface area contributed by atoms with E-state index in [1.54, 1.807) is 0 Å². The first kappa shape index (κ1) is 49.9. The topological polar surface area (TPSA) is 278 Å². The molecule has 3 heterocycles. The molecule has 0 aromatic rings. The molecule has 0 saturated carbocycles. The molecule has 3 aliphatic rings. The summed E-state index contributed by atoms with van der Waals surface area (Å²) in [6, 6.07) is 0. The summed E-state index contributed by atoms with van der Waals surface area (Å²) in [4.78, 5) is 10.8. The fraction of sp³-hybridized carbons (Fsp3) is 0.971. The number of carboxylic acid groups (broad SMARTS) is 1. The summed E-state index contributed by atoms with van der Waals surface area (Å²) in [5.74, 6) is -2.83. The molecule has 302 valence electrons. The zero-order chi connectivity index (χ0) is 36.8. The van der Waals surface area contributed by atoms with Crippen molar-refractivity contribution in [1.82, 2.24) is 0 Å². The number of aliphatic carboxylic acids is 1. The molecule has 3 fully saturated rings. The molecule has 0 amide bonds.